The van der Waals surface area contributed by atoms with Crippen LogP contribution >= 0.6 is 0 Å². The van der Waals surface area contributed by atoms with Gasteiger partial charge < -0.3 is 42.6 Å². The van der Waals surface area contributed by atoms with Gasteiger partial charge in [-0.25, -0.2) is 0 Å². The van der Waals surface area contributed by atoms with E-state index in [-0.39, 0.29) is 13.2 Å². The third-order valence-corrected chi connectivity index (χ3v) is 6.34. The molecule has 15 heteroatoms. The van der Waals surface area contributed by atoms with Crippen molar-refractivity contribution in [1.29, 1.82) is 0 Å². The SMILES string of the molecule is CC(=O)OCC1OC(OC(C)=O)C(OC(C)=O)[C@@H](C)[C@@H]1O[C@@H]1OC(COC(C)=O)[C@H](OC(C)=O)[C@H](C)C1OC(C)=O. The van der Waals surface area contributed by atoms with Crippen molar-refractivity contribution in [2.24, 2.45) is 11.8 Å². The van der Waals surface area contributed by atoms with Gasteiger partial charge in [0.15, 0.2) is 18.5 Å². The lowest BCUT2D eigenvalue weighted by Gasteiger charge is -2.48. The van der Waals surface area contributed by atoms with Gasteiger partial charge in [-0.2, -0.15) is 0 Å². The molecule has 232 valence electrons. The molecule has 0 spiro atoms. The van der Waals surface area contributed by atoms with Crippen LogP contribution in [0.25, 0.3) is 0 Å². The lowest BCUT2D eigenvalue weighted by Crippen LogP contribution is -2.62. The summed E-state index contributed by atoms with van der Waals surface area (Å²) in [5.74, 6) is -5.44. The number of esters is 6. The number of carbonyl (C=O) groups excluding carboxylic acids is 6. The Morgan fingerprint density at radius 3 is 1.29 bits per heavy atom. The Morgan fingerprint density at radius 1 is 0.488 bits per heavy atom. The van der Waals surface area contributed by atoms with E-state index in [1.807, 2.05) is 0 Å². The standard InChI is InChI=1S/C26H38O15/c1-11-21(35-15(5)29)19(9-33-13(3)27)40-26(24(11)37-17(7)31)41-22-12(2)23(36-16(6)30)25(38-18(8)32)39-20(22)10-34-14(4)28/h11-12,19-26H,9-10H2,1-8H3/t11-,12-,19?,20?,21+,22-,23?,24?,25?,26-/m0/s1. The van der Waals surface area contributed by atoms with Crippen molar-refractivity contribution in [2.75, 3.05) is 13.2 Å². The average molecular weight is 591 g/mol. The Morgan fingerprint density at radius 2 is 0.854 bits per heavy atom. The van der Waals surface area contributed by atoms with Crippen molar-refractivity contribution in [3.63, 3.8) is 0 Å². The lowest BCUT2D eigenvalue weighted by atomic mass is 9.88. The summed E-state index contributed by atoms with van der Waals surface area (Å²) in [6.07, 6.45) is -9.12. The van der Waals surface area contributed by atoms with Gasteiger partial charge in [0.2, 0.25) is 6.29 Å². The van der Waals surface area contributed by atoms with Crippen LogP contribution < -0.4 is 0 Å². The van der Waals surface area contributed by atoms with Crippen LogP contribution in [0.3, 0.4) is 0 Å². The van der Waals surface area contributed by atoms with Crippen molar-refractivity contribution in [1.82, 2.24) is 0 Å². The minimum atomic E-state index is -1.35. The molecule has 2 heterocycles. The molecule has 0 aromatic carbocycles. The van der Waals surface area contributed by atoms with E-state index < -0.39 is 96.9 Å². The van der Waals surface area contributed by atoms with Crippen LogP contribution in [0.4, 0.5) is 0 Å². The van der Waals surface area contributed by atoms with Crippen LogP contribution in [-0.2, 0) is 71.4 Å². The van der Waals surface area contributed by atoms with Crippen molar-refractivity contribution in [3.8, 4) is 0 Å². The van der Waals surface area contributed by atoms with Gasteiger partial charge in [0.05, 0.1) is 6.10 Å². The van der Waals surface area contributed by atoms with Crippen molar-refractivity contribution >= 4 is 35.8 Å². The topological polar surface area (TPSA) is 185 Å². The summed E-state index contributed by atoms with van der Waals surface area (Å²) in [6.45, 7) is 9.65. The molecular weight excluding hydrogens is 552 g/mol. The van der Waals surface area contributed by atoms with E-state index in [1.165, 1.54) is 27.7 Å². The molecule has 5 unspecified atom stereocenters. The summed E-state index contributed by atoms with van der Waals surface area (Å²) in [5, 5.41) is 0. The summed E-state index contributed by atoms with van der Waals surface area (Å²) >= 11 is 0. The molecule has 0 aliphatic carbocycles. The van der Waals surface area contributed by atoms with E-state index in [0.717, 1.165) is 13.8 Å². The number of carbonyl (C=O) groups is 6. The zero-order valence-electron chi connectivity index (χ0n) is 24.3. The Labute approximate surface area is 237 Å². The summed E-state index contributed by atoms with van der Waals surface area (Å²) in [7, 11) is 0. The zero-order chi connectivity index (χ0) is 31.0. The Balaban J connectivity index is 2.48. The second kappa shape index (κ2) is 15.1. The van der Waals surface area contributed by atoms with E-state index in [2.05, 4.69) is 0 Å². The first-order valence-electron chi connectivity index (χ1n) is 13.0. The molecule has 0 aromatic rings. The van der Waals surface area contributed by atoms with E-state index in [4.69, 9.17) is 42.6 Å². The maximum atomic E-state index is 12.0. The summed E-state index contributed by atoms with van der Waals surface area (Å²) in [6, 6.07) is 0. The Hall–Kier alpha value is -3.30. The second-order valence-electron chi connectivity index (χ2n) is 9.84. The smallest absolute Gasteiger partial charge is 0.305 e. The summed E-state index contributed by atoms with van der Waals surface area (Å²) in [5.41, 5.74) is 0. The summed E-state index contributed by atoms with van der Waals surface area (Å²) < 4.78 is 50.1. The molecule has 0 saturated carbocycles. The van der Waals surface area contributed by atoms with Gasteiger partial charge in [-0.3, -0.25) is 28.8 Å². The number of rotatable bonds is 10. The zero-order valence-corrected chi connectivity index (χ0v) is 24.3. The van der Waals surface area contributed by atoms with Gasteiger partial charge in [0.1, 0.15) is 31.5 Å². The molecule has 41 heavy (non-hydrogen) atoms. The lowest BCUT2D eigenvalue weighted by molar-refractivity contribution is -0.345. The monoisotopic (exact) mass is 590 g/mol. The third-order valence-electron chi connectivity index (χ3n) is 6.34. The molecular formula is C26H38O15. The van der Waals surface area contributed by atoms with Crippen LogP contribution in [0, 0.1) is 11.8 Å². The first-order chi connectivity index (χ1) is 19.1. The third kappa shape index (κ3) is 9.93. The fourth-order valence-corrected chi connectivity index (χ4v) is 4.69. The predicted molar refractivity (Wildman–Crippen MR) is 132 cm³/mol. The van der Waals surface area contributed by atoms with Gasteiger partial charge in [-0.1, -0.05) is 13.8 Å². The molecule has 10 atom stereocenters. The quantitative estimate of drug-likeness (QED) is 0.254. The normalized spacial score (nSPS) is 33.1. The fourth-order valence-electron chi connectivity index (χ4n) is 4.69. The number of hydrogen-bond donors (Lipinski definition) is 0. The Bertz CT molecular complexity index is 976. The molecule has 0 N–H and O–H groups in total. The molecule has 15 nitrogen and oxygen atoms in total. The minimum Gasteiger partial charge on any atom is -0.463 e. The van der Waals surface area contributed by atoms with Crippen LogP contribution in [-0.4, -0.2) is 98.2 Å². The molecule has 2 rings (SSSR count). The van der Waals surface area contributed by atoms with Crippen molar-refractivity contribution in [2.45, 2.75) is 105 Å². The number of ether oxygens (including phenoxy) is 9. The van der Waals surface area contributed by atoms with Gasteiger partial charge >= 0.3 is 35.8 Å². The van der Waals surface area contributed by atoms with E-state index >= 15 is 0 Å². The van der Waals surface area contributed by atoms with Gasteiger partial charge in [0.25, 0.3) is 0 Å². The molecule has 2 fully saturated rings. The predicted octanol–water partition coefficient (Wildman–Crippen LogP) is 0.578. The first kappa shape index (κ1) is 33.9. The first-order valence-corrected chi connectivity index (χ1v) is 13.0. The molecule has 2 aliphatic heterocycles. The van der Waals surface area contributed by atoms with Crippen LogP contribution in [0.1, 0.15) is 55.4 Å². The van der Waals surface area contributed by atoms with E-state index in [1.54, 1.807) is 13.8 Å². The fraction of sp³-hybridized carbons (Fsp3) is 0.769. The maximum Gasteiger partial charge on any atom is 0.305 e. The van der Waals surface area contributed by atoms with Crippen LogP contribution in [0.15, 0.2) is 0 Å². The molecule has 2 saturated heterocycles. The minimum absolute atomic E-state index is 0.317. The largest absolute Gasteiger partial charge is 0.463 e. The van der Waals surface area contributed by atoms with Gasteiger partial charge in [-0.15, -0.1) is 0 Å². The number of hydrogen-bond acceptors (Lipinski definition) is 15. The molecule has 0 aromatic heterocycles. The van der Waals surface area contributed by atoms with Gasteiger partial charge in [-0.05, 0) is 0 Å². The second-order valence-corrected chi connectivity index (χ2v) is 9.84. The Kier molecular flexibility index (Phi) is 12.5. The van der Waals surface area contributed by atoms with Gasteiger partial charge in [0, 0.05) is 53.4 Å². The highest BCUT2D eigenvalue weighted by Gasteiger charge is 2.53. The molecule has 0 radical (unpaired) electrons. The molecule has 0 amide bonds. The van der Waals surface area contributed by atoms with E-state index in [0.29, 0.717) is 0 Å². The van der Waals surface area contributed by atoms with Crippen molar-refractivity contribution in [3.05, 3.63) is 0 Å². The molecule has 2 aliphatic rings. The highest BCUT2D eigenvalue weighted by molar-refractivity contribution is 5.68. The highest BCUT2D eigenvalue weighted by atomic mass is 16.8. The highest BCUT2D eigenvalue weighted by Crippen LogP contribution is 2.37. The van der Waals surface area contributed by atoms with Crippen molar-refractivity contribution < 1.29 is 71.4 Å². The van der Waals surface area contributed by atoms with Crippen LogP contribution in [0.2, 0.25) is 0 Å². The molecule has 0 bridgehead atoms. The van der Waals surface area contributed by atoms with Crippen LogP contribution in [0.5, 0.6) is 0 Å². The summed E-state index contributed by atoms with van der Waals surface area (Å²) in [4.78, 5) is 70.7. The average Bonchev–Trinajstić information content (AvgIpc) is 2.83. The maximum absolute atomic E-state index is 12.0. The van der Waals surface area contributed by atoms with E-state index in [9.17, 15) is 28.8 Å².